The molecule has 0 spiro atoms. The van der Waals surface area contributed by atoms with Crippen LogP contribution in [0.1, 0.15) is 19.3 Å². The van der Waals surface area contributed by atoms with E-state index >= 15 is 0 Å². The number of aliphatic hydroxyl groups is 1. The van der Waals surface area contributed by atoms with Gasteiger partial charge >= 0.3 is 0 Å². The highest BCUT2D eigenvalue weighted by atomic mass is 16.3. The molecule has 52 valence electrons. The molecule has 0 amide bonds. The van der Waals surface area contributed by atoms with Crippen molar-refractivity contribution in [1.82, 2.24) is 5.32 Å². The van der Waals surface area contributed by atoms with Crippen molar-refractivity contribution in [2.75, 3.05) is 6.54 Å². The quantitative estimate of drug-likeness (QED) is 0.484. The smallest absolute Gasteiger partial charge is 0.0581 e. The Hall–Kier alpha value is -0.0800. The molecule has 2 heteroatoms. The second-order valence-electron chi connectivity index (χ2n) is 3.25. The first-order valence-electron chi connectivity index (χ1n) is 3.78. The molecule has 2 N–H and O–H groups in total. The molecular formula is C7H13NO. The van der Waals surface area contributed by atoms with E-state index in [0.29, 0.717) is 5.92 Å². The summed E-state index contributed by atoms with van der Waals surface area (Å²) in [6.07, 6.45) is 3.40. The summed E-state index contributed by atoms with van der Waals surface area (Å²) in [6.45, 7) is 1.05. The summed E-state index contributed by atoms with van der Waals surface area (Å²) in [4.78, 5) is 0. The van der Waals surface area contributed by atoms with E-state index in [1.807, 2.05) is 0 Å². The maximum Gasteiger partial charge on any atom is 0.0581 e. The Kier molecular flexibility index (Phi) is 1.24. The highest BCUT2D eigenvalue weighted by Gasteiger charge is 2.33. The van der Waals surface area contributed by atoms with Crippen molar-refractivity contribution in [2.24, 2.45) is 5.92 Å². The van der Waals surface area contributed by atoms with E-state index in [1.165, 1.54) is 12.8 Å². The summed E-state index contributed by atoms with van der Waals surface area (Å²) in [7, 11) is 0. The van der Waals surface area contributed by atoms with Gasteiger partial charge in [-0.05, 0) is 25.2 Å². The second-order valence-corrected chi connectivity index (χ2v) is 3.25. The third-order valence-electron chi connectivity index (χ3n) is 2.61. The van der Waals surface area contributed by atoms with Gasteiger partial charge < -0.3 is 10.4 Å². The van der Waals surface area contributed by atoms with Crippen LogP contribution in [0.4, 0.5) is 0 Å². The lowest BCUT2D eigenvalue weighted by Crippen LogP contribution is -2.26. The maximum absolute atomic E-state index is 9.36. The van der Waals surface area contributed by atoms with Crippen LogP contribution in [0.3, 0.4) is 0 Å². The molecular weight excluding hydrogens is 114 g/mol. The Balaban J connectivity index is 2.05. The zero-order valence-corrected chi connectivity index (χ0v) is 5.51. The number of hydrogen-bond donors (Lipinski definition) is 2. The predicted molar refractivity (Wildman–Crippen MR) is 35.1 cm³/mol. The van der Waals surface area contributed by atoms with E-state index in [0.717, 1.165) is 19.0 Å². The zero-order chi connectivity index (χ0) is 6.27. The average molecular weight is 127 g/mol. The molecule has 0 unspecified atom stereocenters. The molecule has 0 aromatic rings. The Labute approximate surface area is 55.3 Å². The highest BCUT2D eigenvalue weighted by molar-refractivity contribution is 4.90. The van der Waals surface area contributed by atoms with Crippen molar-refractivity contribution in [3.05, 3.63) is 0 Å². The molecule has 0 radical (unpaired) electrons. The lowest BCUT2D eigenvalue weighted by atomic mass is 9.88. The lowest BCUT2D eigenvalue weighted by molar-refractivity contribution is 0.0896. The SMILES string of the molecule is O[C@H]1CC[C@@H]2C[C@@H]1CN2. The zero-order valence-electron chi connectivity index (χ0n) is 5.51. The van der Waals surface area contributed by atoms with Gasteiger partial charge in [0, 0.05) is 12.6 Å². The normalized spacial score (nSPS) is 49.7. The fourth-order valence-corrected chi connectivity index (χ4v) is 1.97. The fraction of sp³-hybridized carbons (Fsp3) is 1.00. The minimum atomic E-state index is -0.00347. The first-order chi connectivity index (χ1) is 4.36. The Bertz CT molecular complexity index is 115. The van der Waals surface area contributed by atoms with Crippen LogP contribution in [-0.4, -0.2) is 23.8 Å². The van der Waals surface area contributed by atoms with Gasteiger partial charge in [0.1, 0.15) is 0 Å². The van der Waals surface area contributed by atoms with Gasteiger partial charge in [-0.3, -0.25) is 0 Å². The molecule has 2 fully saturated rings. The fourth-order valence-electron chi connectivity index (χ4n) is 1.97. The topological polar surface area (TPSA) is 32.3 Å². The van der Waals surface area contributed by atoms with Crippen molar-refractivity contribution < 1.29 is 5.11 Å². The third-order valence-corrected chi connectivity index (χ3v) is 2.61. The molecule has 1 saturated heterocycles. The highest BCUT2D eigenvalue weighted by Crippen LogP contribution is 2.28. The van der Waals surface area contributed by atoms with E-state index in [2.05, 4.69) is 5.32 Å². The summed E-state index contributed by atoms with van der Waals surface area (Å²) in [6, 6.07) is 0.735. The van der Waals surface area contributed by atoms with Crippen LogP contribution in [0.25, 0.3) is 0 Å². The van der Waals surface area contributed by atoms with Gasteiger partial charge in [0.15, 0.2) is 0 Å². The van der Waals surface area contributed by atoms with Gasteiger partial charge in [-0.1, -0.05) is 0 Å². The summed E-state index contributed by atoms with van der Waals surface area (Å²) in [5, 5.41) is 12.7. The number of rotatable bonds is 0. The van der Waals surface area contributed by atoms with Gasteiger partial charge in [-0.15, -0.1) is 0 Å². The molecule has 1 heterocycles. The minimum absolute atomic E-state index is 0.00347. The summed E-state index contributed by atoms with van der Waals surface area (Å²) >= 11 is 0. The van der Waals surface area contributed by atoms with Crippen molar-refractivity contribution in [3.63, 3.8) is 0 Å². The minimum Gasteiger partial charge on any atom is -0.393 e. The average Bonchev–Trinajstić information content (AvgIpc) is 2.25. The molecule has 2 bridgehead atoms. The molecule has 1 saturated carbocycles. The molecule has 2 nitrogen and oxygen atoms in total. The van der Waals surface area contributed by atoms with Crippen LogP contribution in [0.15, 0.2) is 0 Å². The van der Waals surface area contributed by atoms with E-state index in [-0.39, 0.29) is 6.10 Å². The summed E-state index contributed by atoms with van der Waals surface area (Å²) in [5.41, 5.74) is 0. The van der Waals surface area contributed by atoms with Crippen molar-refractivity contribution in [3.8, 4) is 0 Å². The number of nitrogens with one attached hydrogen (secondary N) is 1. The molecule has 0 aromatic heterocycles. The Morgan fingerprint density at radius 1 is 1.33 bits per heavy atom. The van der Waals surface area contributed by atoms with E-state index in [9.17, 15) is 5.11 Å². The first-order valence-corrected chi connectivity index (χ1v) is 3.78. The second kappa shape index (κ2) is 1.96. The lowest BCUT2D eigenvalue weighted by Gasteiger charge is -2.22. The van der Waals surface area contributed by atoms with Crippen molar-refractivity contribution in [1.29, 1.82) is 0 Å². The first kappa shape index (κ1) is 5.69. The third kappa shape index (κ3) is 0.864. The van der Waals surface area contributed by atoms with Gasteiger partial charge in [0.05, 0.1) is 6.10 Å². The number of fused-ring (bicyclic) bond motifs is 2. The molecule has 2 aliphatic rings. The van der Waals surface area contributed by atoms with E-state index < -0.39 is 0 Å². The van der Waals surface area contributed by atoms with Gasteiger partial charge in [-0.25, -0.2) is 0 Å². The number of aliphatic hydroxyl groups excluding tert-OH is 1. The van der Waals surface area contributed by atoms with E-state index in [1.54, 1.807) is 0 Å². The standard InChI is InChI=1S/C7H13NO/c9-7-2-1-6-3-5(7)4-8-6/h5-9H,1-4H2/t5-,6-,7+/m1/s1. The molecule has 9 heavy (non-hydrogen) atoms. The molecule has 1 aliphatic carbocycles. The predicted octanol–water partition coefficient (Wildman–Crippen LogP) is 0.119. The van der Waals surface area contributed by atoms with Crippen molar-refractivity contribution >= 4 is 0 Å². The summed E-state index contributed by atoms with van der Waals surface area (Å²) < 4.78 is 0. The van der Waals surface area contributed by atoms with Crippen LogP contribution >= 0.6 is 0 Å². The molecule has 0 aromatic carbocycles. The Morgan fingerprint density at radius 3 is 3.00 bits per heavy atom. The van der Waals surface area contributed by atoms with Gasteiger partial charge in [0.25, 0.3) is 0 Å². The molecule has 1 aliphatic heterocycles. The van der Waals surface area contributed by atoms with Crippen LogP contribution in [0, 0.1) is 5.92 Å². The van der Waals surface area contributed by atoms with Crippen LogP contribution in [-0.2, 0) is 0 Å². The monoisotopic (exact) mass is 127 g/mol. The maximum atomic E-state index is 9.36. The van der Waals surface area contributed by atoms with Crippen molar-refractivity contribution in [2.45, 2.75) is 31.4 Å². The van der Waals surface area contributed by atoms with Crippen LogP contribution in [0.5, 0.6) is 0 Å². The van der Waals surface area contributed by atoms with Gasteiger partial charge in [0.2, 0.25) is 0 Å². The van der Waals surface area contributed by atoms with Gasteiger partial charge in [-0.2, -0.15) is 0 Å². The summed E-state index contributed by atoms with van der Waals surface area (Å²) in [5.74, 6) is 0.573. The molecule has 3 atom stereocenters. The van der Waals surface area contributed by atoms with Crippen LogP contribution < -0.4 is 5.32 Å². The van der Waals surface area contributed by atoms with Crippen LogP contribution in [0.2, 0.25) is 0 Å². The van der Waals surface area contributed by atoms with E-state index in [4.69, 9.17) is 0 Å². The molecule has 2 rings (SSSR count). The Morgan fingerprint density at radius 2 is 2.22 bits per heavy atom. The largest absolute Gasteiger partial charge is 0.393 e. The number of hydrogen-bond acceptors (Lipinski definition) is 2.